The van der Waals surface area contributed by atoms with Gasteiger partial charge in [-0.15, -0.1) is 0 Å². The molecule has 7 heteroatoms. The highest BCUT2D eigenvalue weighted by atomic mass is 16.5. The Balaban J connectivity index is 1.55. The van der Waals surface area contributed by atoms with Crippen molar-refractivity contribution in [3.63, 3.8) is 0 Å². The molecule has 0 aliphatic carbocycles. The normalized spacial score (nSPS) is 15.2. The second-order valence-corrected chi connectivity index (χ2v) is 8.22. The van der Waals surface area contributed by atoms with Crippen LogP contribution in [0.25, 0.3) is 0 Å². The highest BCUT2D eigenvalue weighted by molar-refractivity contribution is 5.98. The molecule has 0 saturated carbocycles. The number of carbonyl (C=O) groups is 2. The smallest absolute Gasteiger partial charge is 0.253 e. The van der Waals surface area contributed by atoms with Crippen LogP contribution in [0.3, 0.4) is 0 Å². The molecule has 3 rings (SSSR count). The van der Waals surface area contributed by atoms with Crippen LogP contribution in [-0.2, 0) is 9.53 Å². The number of para-hydroxylation sites is 2. The van der Waals surface area contributed by atoms with Gasteiger partial charge < -0.3 is 25.0 Å². The van der Waals surface area contributed by atoms with Crippen molar-refractivity contribution in [2.24, 2.45) is 0 Å². The Morgan fingerprint density at radius 1 is 1.09 bits per heavy atom. The molecule has 2 aromatic carbocycles. The van der Waals surface area contributed by atoms with Crippen LogP contribution < -0.4 is 15.4 Å². The summed E-state index contributed by atoms with van der Waals surface area (Å²) >= 11 is 0. The maximum Gasteiger partial charge on any atom is 0.253 e. The Morgan fingerprint density at radius 3 is 2.61 bits per heavy atom. The quantitative estimate of drug-likeness (QED) is 0.493. The molecule has 1 aliphatic heterocycles. The number of hydrogen-bond donors (Lipinski definition) is 2. The summed E-state index contributed by atoms with van der Waals surface area (Å²) in [4.78, 5) is 27.3. The first-order valence-electron chi connectivity index (χ1n) is 11.9. The van der Waals surface area contributed by atoms with Gasteiger partial charge in [0.15, 0.2) is 0 Å². The first-order valence-corrected chi connectivity index (χ1v) is 11.9. The van der Waals surface area contributed by atoms with E-state index in [0.717, 1.165) is 51.1 Å². The maximum absolute atomic E-state index is 12.8. The van der Waals surface area contributed by atoms with Crippen LogP contribution in [0.15, 0.2) is 48.5 Å². The van der Waals surface area contributed by atoms with E-state index in [1.165, 1.54) is 0 Å². The van der Waals surface area contributed by atoms with Gasteiger partial charge in [-0.1, -0.05) is 32.0 Å². The van der Waals surface area contributed by atoms with Gasteiger partial charge in [-0.25, -0.2) is 0 Å². The molecule has 7 nitrogen and oxygen atoms in total. The molecule has 1 fully saturated rings. The standard InChI is InChI=1S/C26H35N3O4/c1-3-14-29(15-4-2)26(31)20-9-7-10-21(17-20)28-25(30)18-27-23-12-5-6-13-24(23)33-19-22-11-8-16-32-22/h5-7,9-10,12-13,17,22,27H,3-4,8,11,14-16,18-19H2,1-2H3,(H,28,30). The summed E-state index contributed by atoms with van der Waals surface area (Å²) in [6.07, 6.45) is 4.02. The number of nitrogens with one attached hydrogen (secondary N) is 2. The van der Waals surface area contributed by atoms with E-state index in [1.54, 1.807) is 24.3 Å². The van der Waals surface area contributed by atoms with Gasteiger partial charge in [0.1, 0.15) is 12.4 Å². The number of nitrogens with zero attached hydrogens (tertiary/aromatic N) is 1. The third kappa shape index (κ3) is 7.49. The van der Waals surface area contributed by atoms with Gasteiger partial charge in [-0.3, -0.25) is 9.59 Å². The van der Waals surface area contributed by atoms with Crippen LogP contribution in [0.1, 0.15) is 49.9 Å². The molecular weight excluding hydrogens is 418 g/mol. The van der Waals surface area contributed by atoms with Crippen molar-refractivity contribution < 1.29 is 19.1 Å². The minimum Gasteiger partial charge on any atom is -0.489 e. The lowest BCUT2D eigenvalue weighted by atomic mass is 10.1. The van der Waals surface area contributed by atoms with Crippen molar-refractivity contribution in [1.29, 1.82) is 0 Å². The fraction of sp³-hybridized carbons (Fsp3) is 0.462. The maximum atomic E-state index is 12.8. The van der Waals surface area contributed by atoms with E-state index in [4.69, 9.17) is 9.47 Å². The fourth-order valence-electron chi connectivity index (χ4n) is 3.85. The van der Waals surface area contributed by atoms with Gasteiger partial charge in [-0.2, -0.15) is 0 Å². The molecule has 1 atom stereocenters. The first kappa shape index (κ1) is 24.6. The molecule has 1 heterocycles. The highest BCUT2D eigenvalue weighted by Gasteiger charge is 2.17. The molecule has 1 aliphatic rings. The molecule has 0 aromatic heterocycles. The number of amides is 2. The van der Waals surface area contributed by atoms with E-state index in [1.807, 2.05) is 29.2 Å². The molecule has 0 bridgehead atoms. The highest BCUT2D eigenvalue weighted by Crippen LogP contribution is 2.25. The molecule has 0 radical (unpaired) electrons. The van der Waals surface area contributed by atoms with Crippen molar-refractivity contribution in [2.45, 2.75) is 45.6 Å². The predicted octanol–water partition coefficient (Wildman–Crippen LogP) is 4.56. The Bertz CT molecular complexity index is 906. The van der Waals surface area contributed by atoms with Crippen molar-refractivity contribution in [3.05, 3.63) is 54.1 Å². The SMILES string of the molecule is CCCN(CCC)C(=O)c1cccc(NC(=O)CNc2ccccc2OCC2CCCO2)c1. The second-order valence-electron chi connectivity index (χ2n) is 8.22. The number of carbonyl (C=O) groups excluding carboxylic acids is 2. The molecule has 2 N–H and O–H groups in total. The van der Waals surface area contributed by atoms with Crippen LogP contribution in [-0.4, -0.2) is 55.7 Å². The Kier molecular flexibility index (Phi) is 9.57. The van der Waals surface area contributed by atoms with E-state index in [9.17, 15) is 9.59 Å². The third-order valence-electron chi connectivity index (χ3n) is 5.44. The van der Waals surface area contributed by atoms with Gasteiger partial charge >= 0.3 is 0 Å². The largest absolute Gasteiger partial charge is 0.489 e. The lowest BCUT2D eigenvalue weighted by molar-refractivity contribution is -0.114. The lowest BCUT2D eigenvalue weighted by Gasteiger charge is -2.21. The molecular formula is C26H35N3O4. The lowest BCUT2D eigenvalue weighted by Crippen LogP contribution is -2.32. The number of benzene rings is 2. The van der Waals surface area contributed by atoms with Gasteiger partial charge in [0, 0.05) is 30.9 Å². The third-order valence-corrected chi connectivity index (χ3v) is 5.44. The summed E-state index contributed by atoms with van der Waals surface area (Å²) in [5.74, 6) is 0.484. The summed E-state index contributed by atoms with van der Waals surface area (Å²) in [5, 5.41) is 6.02. The molecule has 1 unspecified atom stereocenters. The number of ether oxygens (including phenoxy) is 2. The molecule has 1 saturated heterocycles. The zero-order valence-electron chi connectivity index (χ0n) is 19.6. The minimum atomic E-state index is -0.201. The molecule has 0 spiro atoms. The number of anilines is 2. The van der Waals surface area contributed by atoms with E-state index < -0.39 is 0 Å². The van der Waals surface area contributed by atoms with E-state index in [-0.39, 0.29) is 24.5 Å². The summed E-state index contributed by atoms with van der Waals surface area (Å²) in [6, 6.07) is 14.7. The second kappa shape index (κ2) is 12.8. The van der Waals surface area contributed by atoms with Crippen molar-refractivity contribution in [3.8, 4) is 5.75 Å². The number of rotatable bonds is 12. The monoisotopic (exact) mass is 453 g/mol. The minimum absolute atomic E-state index is 0.00903. The van der Waals surface area contributed by atoms with Gasteiger partial charge in [0.05, 0.1) is 18.3 Å². The van der Waals surface area contributed by atoms with Crippen molar-refractivity contribution >= 4 is 23.2 Å². The van der Waals surface area contributed by atoms with Gasteiger partial charge in [-0.05, 0) is 56.0 Å². The van der Waals surface area contributed by atoms with Crippen LogP contribution in [0.2, 0.25) is 0 Å². The summed E-state index contributed by atoms with van der Waals surface area (Å²) < 4.78 is 11.5. The Labute approximate surface area is 196 Å². The zero-order chi connectivity index (χ0) is 23.5. The molecule has 33 heavy (non-hydrogen) atoms. The zero-order valence-corrected chi connectivity index (χ0v) is 19.6. The van der Waals surface area contributed by atoms with Crippen molar-refractivity contribution in [1.82, 2.24) is 4.90 Å². The summed E-state index contributed by atoms with van der Waals surface area (Å²) in [7, 11) is 0. The van der Waals surface area contributed by atoms with E-state index in [0.29, 0.717) is 23.6 Å². The molecule has 2 aromatic rings. The average molecular weight is 454 g/mol. The Hall–Kier alpha value is -3.06. The topological polar surface area (TPSA) is 79.9 Å². The van der Waals surface area contributed by atoms with E-state index >= 15 is 0 Å². The summed E-state index contributed by atoms with van der Waals surface area (Å²) in [5.41, 5.74) is 1.93. The summed E-state index contributed by atoms with van der Waals surface area (Å²) in [6.45, 7) is 6.94. The van der Waals surface area contributed by atoms with Gasteiger partial charge in [0.2, 0.25) is 5.91 Å². The first-order chi connectivity index (χ1) is 16.1. The predicted molar refractivity (Wildman–Crippen MR) is 131 cm³/mol. The van der Waals surface area contributed by atoms with Gasteiger partial charge in [0.25, 0.3) is 5.91 Å². The average Bonchev–Trinajstić information content (AvgIpc) is 3.35. The van der Waals surface area contributed by atoms with Crippen molar-refractivity contribution in [2.75, 3.05) is 43.5 Å². The molecule has 2 amide bonds. The van der Waals surface area contributed by atoms with Crippen LogP contribution >= 0.6 is 0 Å². The van der Waals surface area contributed by atoms with Crippen LogP contribution in [0.5, 0.6) is 5.75 Å². The van der Waals surface area contributed by atoms with Crippen LogP contribution in [0.4, 0.5) is 11.4 Å². The van der Waals surface area contributed by atoms with Crippen LogP contribution in [0, 0.1) is 0 Å². The van der Waals surface area contributed by atoms with E-state index in [2.05, 4.69) is 24.5 Å². The molecule has 178 valence electrons. The number of hydrogen-bond acceptors (Lipinski definition) is 5. The fourth-order valence-corrected chi connectivity index (χ4v) is 3.85. The Morgan fingerprint density at radius 2 is 1.88 bits per heavy atom.